The maximum atomic E-state index is 12.5. The third kappa shape index (κ3) is 2.31. The lowest BCUT2D eigenvalue weighted by Gasteiger charge is -2.32. The number of carbonyl (C=O) groups excluding carboxylic acids is 1. The van der Waals surface area contributed by atoms with Crippen LogP contribution in [0.25, 0.3) is 0 Å². The van der Waals surface area contributed by atoms with Crippen LogP contribution in [0.15, 0.2) is 6.07 Å². The molecule has 0 N–H and O–H groups in total. The molecule has 0 atom stereocenters. The second-order valence-corrected chi connectivity index (χ2v) is 10.3. The predicted molar refractivity (Wildman–Crippen MR) is 112 cm³/mol. The highest BCUT2D eigenvalue weighted by atomic mass is 16.1. The summed E-state index contributed by atoms with van der Waals surface area (Å²) in [6, 6.07) is 2.57. The third-order valence-corrected chi connectivity index (χ3v) is 8.25. The predicted octanol–water partition coefficient (Wildman–Crippen LogP) is 6.98. The van der Waals surface area contributed by atoms with Gasteiger partial charge >= 0.3 is 0 Å². The van der Waals surface area contributed by atoms with Crippen molar-refractivity contribution < 1.29 is 4.79 Å². The summed E-state index contributed by atoms with van der Waals surface area (Å²) in [6.45, 7) is 18.7. The van der Waals surface area contributed by atoms with Crippen LogP contribution >= 0.6 is 0 Å². The summed E-state index contributed by atoms with van der Waals surface area (Å²) in [6.07, 6.45) is 8.16. The Kier molecular flexibility index (Phi) is 4.49. The van der Waals surface area contributed by atoms with Gasteiger partial charge in [-0.1, -0.05) is 61.5 Å². The summed E-state index contributed by atoms with van der Waals surface area (Å²) in [5.41, 5.74) is 7.38. The van der Waals surface area contributed by atoms with E-state index in [9.17, 15) is 4.79 Å². The van der Waals surface area contributed by atoms with E-state index < -0.39 is 0 Å². The molecule has 2 aliphatic carbocycles. The minimum atomic E-state index is 0.0758. The minimum Gasteiger partial charge on any atom is -0.298 e. The Balaban J connectivity index is 2.47. The number of aldehydes is 1. The standard InChI is InChI=1S/C25H38O/c1-9-24(10-2)15-22(5,6)20-17(14-26)21-19(13-18(20)24)25(11-3,12-4)16-23(21,7)8/h13-14H,9-12,15-16H2,1-8H3. The maximum Gasteiger partial charge on any atom is 0.150 e. The van der Waals surface area contributed by atoms with Crippen molar-refractivity contribution in [2.75, 3.05) is 0 Å². The molecule has 0 aliphatic heterocycles. The van der Waals surface area contributed by atoms with Gasteiger partial charge in [-0.05, 0) is 82.4 Å². The van der Waals surface area contributed by atoms with Crippen molar-refractivity contribution in [2.45, 2.75) is 116 Å². The van der Waals surface area contributed by atoms with Gasteiger partial charge in [0.25, 0.3) is 0 Å². The van der Waals surface area contributed by atoms with E-state index in [1.54, 1.807) is 0 Å². The van der Waals surface area contributed by atoms with Crippen LogP contribution in [0.1, 0.15) is 127 Å². The van der Waals surface area contributed by atoms with E-state index in [2.05, 4.69) is 61.5 Å². The highest BCUT2D eigenvalue weighted by molar-refractivity contribution is 5.85. The van der Waals surface area contributed by atoms with E-state index in [4.69, 9.17) is 0 Å². The average molecular weight is 355 g/mol. The summed E-state index contributed by atoms with van der Waals surface area (Å²) in [5.74, 6) is 0. The molecule has 26 heavy (non-hydrogen) atoms. The number of carbonyl (C=O) groups is 1. The van der Waals surface area contributed by atoms with E-state index in [0.717, 1.165) is 44.1 Å². The number of benzene rings is 1. The molecule has 1 aromatic carbocycles. The zero-order valence-corrected chi connectivity index (χ0v) is 18.3. The first-order valence-electron chi connectivity index (χ1n) is 10.8. The van der Waals surface area contributed by atoms with Crippen LogP contribution in [0.4, 0.5) is 0 Å². The fourth-order valence-corrected chi connectivity index (χ4v) is 6.94. The zero-order chi connectivity index (χ0) is 19.5. The largest absolute Gasteiger partial charge is 0.298 e. The molecule has 1 nitrogen and oxygen atoms in total. The topological polar surface area (TPSA) is 17.1 Å². The van der Waals surface area contributed by atoms with Gasteiger partial charge < -0.3 is 0 Å². The molecule has 0 spiro atoms. The fourth-order valence-electron chi connectivity index (χ4n) is 6.94. The third-order valence-electron chi connectivity index (χ3n) is 8.25. The van der Waals surface area contributed by atoms with Gasteiger partial charge in [0.1, 0.15) is 0 Å². The Morgan fingerprint density at radius 1 is 0.769 bits per heavy atom. The van der Waals surface area contributed by atoms with Crippen molar-refractivity contribution in [2.24, 2.45) is 0 Å². The lowest BCUT2D eigenvalue weighted by Crippen LogP contribution is -2.25. The summed E-state index contributed by atoms with van der Waals surface area (Å²) in [5, 5.41) is 0. The molecule has 0 saturated carbocycles. The van der Waals surface area contributed by atoms with E-state index in [-0.39, 0.29) is 21.7 Å². The quantitative estimate of drug-likeness (QED) is 0.521. The van der Waals surface area contributed by atoms with Crippen molar-refractivity contribution in [3.8, 4) is 0 Å². The molecule has 2 aliphatic rings. The highest BCUT2D eigenvalue weighted by Gasteiger charge is 2.53. The SMILES string of the molecule is CCC1(CC)CC(C)(C)c2c1cc1c(c2C=O)C(C)(C)CC1(CC)CC. The van der Waals surface area contributed by atoms with Crippen LogP contribution in [-0.2, 0) is 21.7 Å². The Hall–Kier alpha value is -1.11. The van der Waals surface area contributed by atoms with Crippen LogP contribution in [-0.4, -0.2) is 6.29 Å². The first kappa shape index (κ1) is 19.6. The Labute approximate surface area is 161 Å². The minimum absolute atomic E-state index is 0.0758. The van der Waals surface area contributed by atoms with Gasteiger partial charge in [0.05, 0.1) is 0 Å². The van der Waals surface area contributed by atoms with Crippen LogP contribution < -0.4 is 0 Å². The van der Waals surface area contributed by atoms with E-state index in [0.29, 0.717) is 0 Å². The number of rotatable bonds is 5. The molecule has 3 rings (SSSR count). The van der Waals surface area contributed by atoms with E-state index in [1.165, 1.54) is 28.5 Å². The van der Waals surface area contributed by atoms with Crippen LogP contribution in [0.2, 0.25) is 0 Å². The zero-order valence-electron chi connectivity index (χ0n) is 18.3. The molecule has 0 aromatic heterocycles. The molecule has 0 saturated heterocycles. The number of hydrogen-bond acceptors (Lipinski definition) is 1. The fraction of sp³-hybridized carbons (Fsp3) is 0.720. The summed E-state index contributed by atoms with van der Waals surface area (Å²) >= 11 is 0. The molecule has 0 bridgehead atoms. The van der Waals surface area contributed by atoms with Crippen LogP contribution in [0, 0.1) is 0 Å². The first-order valence-corrected chi connectivity index (χ1v) is 10.8. The average Bonchev–Trinajstić information content (AvgIpc) is 2.99. The Morgan fingerprint density at radius 3 is 1.38 bits per heavy atom. The number of hydrogen-bond donors (Lipinski definition) is 0. The Morgan fingerprint density at radius 2 is 1.12 bits per heavy atom. The molecule has 144 valence electrons. The van der Waals surface area contributed by atoms with Gasteiger partial charge in [-0.3, -0.25) is 4.79 Å². The van der Waals surface area contributed by atoms with Gasteiger partial charge in [-0.25, -0.2) is 0 Å². The van der Waals surface area contributed by atoms with Gasteiger partial charge in [-0.2, -0.15) is 0 Å². The molecule has 1 heteroatoms. The highest BCUT2D eigenvalue weighted by Crippen LogP contribution is 2.60. The van der Waals surface area contributed by atoms with Gasteiger partial charge in [0.2, 0.25) is 0 Å². The van der Waals surface area contributed by atoms with Crippen molar-refractivity contribution in [3.05, 3.63) is 33.9 Å². The van der Waals surface area contributed by atoms with Crippen LogP contribution in [0.3, 0.4) is 0 Å². The van der Waals surface area contributed by atoms with Gasteiger partial charge in [0, 0.05) is 5.56 Å². The molecule has 0 unspecified atom stereocenters. The molecule has 1 aromatic rings. The number of fused-ring (bicyclic) bond motifs is 2. The monoisotopic (exact) mass is 354 g/mol. The summed E-state index contributed by atoms with van der Waals surface area (Å²) in [4.78, 5) is 12.5. The lowest BCUT2D eigenvalue weighted by atomic mass is 9.72. The van der Waals surface area contributed by atoms with Gasteiger partial charge in [-0.15, -0.1) is 0 Å². The summed E-state index contributed by atoms with van der Waals surface area (Å²) < 4.78 is 0. The smallest absolute Gasteiger partial charge is 0.150 e. The van der Waals surface area contributed by atoms with Crippen molar-refractivity contribution >= 4 is 6.29 Å². The van der Waals surface area contributed by atoms with Crippen molar-refractivity contribution in [1.82, 2.24) is 0 Å². The molecule has 0 fully saturated rings. The molecular weight excluding hydrogens is 316 g/mol. The second-order valence-electron chi connectivity index (χ2n) is 10.3. The summed E-state index contributed by atoms with van der Waals surface area (Å²) in [7, 11) is 0. The van der Waals surface area contributed by atoms with E-state index >= 15 is 0 Å². The molecule has 0 radical (unpaired) electrons. The van der Waals surface area contributed by atoms with Crippen LogP contribution in [0.5, 0.6) is 0 Å². The molecule has 0 amide bonds. The normalized spacial score (nSPS) is 23.5. The van der Waals surface area contributed by atoms with Crippen molar-refractivity contribution in [1.29, 1.82) is 0 Å². The molecular formula is C25H38O. The molecule has 0 heterocycles. The van der Waals surface area contributed by atoms with Gasteiger partial charge in [0.15, 0.2) is 6.29 Å². The Bertz CT molecular complexity index is 671. The maximum absolute atomic E-state index is 12.5. The van der Waals surface area contributed by atoms with E-state index in [1.807, 2.05) is 0 Å². The lowest BCUT2D eigenvalue weighted by molar-refractivity contribution is 0.111. The first-order chi connectivity index (χ1) is 12.1. The van der Waals surface area contributed by atoms with Crippen molar-refractivity contribution in [3.63, 3.8) is 0 Å². The second kappa shape index (κ2) is 5.94.